The van der Waals surface area contributed by atoms with E-state index >= 15 is 0 Å². The first-order valence-corrected chi connectivity index (χ1v) is 9.13. The van der Waals surface area contributed by atoms with Crippen molar-refractivity contribution in [2.75, 3.05) is 31.6 Å². The molecule has 0 radical (unpaired) electrons. The number of carbonyl (C=O) groups is 1. The fourth-order valence-electron chi connectivity index (χ4n) is 3.30. The Morgan fingerprint density at radius 3 is 2.88 bits per heavy atom. The summed E-state index contributed by atoms with van der Waals surface area (Å²) in [6, 6.07) is 10.1. The van der Waals surface area contributed by atoms with Gasteiger partial charge in [0.15, 0.2) is 0 Å². The minimum absolute atomic E-state index is 0.0487. The molecule has 1 aromatic heterocycles. The minimum atomic E-state index is 0.0487. The van der Waals surface area contributed by atoms with Gasteiger partial charge in [0.25, 0.3) is 5.91 Å². The van der Waals surface area contributed by atoms with Gasteiger partial charge in [-0.15, -0.1) is 11.3 Å². The summed E-state index contributed by atoms with van der Waals surface area (Å²) in [6.07, 6.45) is 1.08. The van der Waals surface area contributed by atoms with Crippen LogP contribution in [0.1, 0.15) is 26.5 Å². The Balaban J connectivity index is 1.57. The zero-order chi connectivity index (χ0) is 17.1. The maximum Gasteiger partial charge on any atom is 0.252 e. The maximum atomic E-state index is 12.3. The molecule has 1 unspecified atom stereocenters. The van der Waals surface area contributed by atoms with Gasteiger partial charge in [-0.05, 0) is 44.4 Å². The lowest BCUT2D eigenvalue weighted by Crippen LogP contribution is -2.31. The van der Waals surface area contributed by atoms with Crippen LogP contribution in [0.4, 0.5) is 5.69 Å². The van der Waals surface area contributed by atoms with Crippen LogP contribution >= 0.6 is 11.3 Å². The Labute approximate surface area is 147 Å². The second kappa shape index (κ2) is 7.26. The minimum Gasteiger partial charge on any atom is -0.495 e. The van der Waals surface area contributed by atoms with Crippen molar-refractivity contribution >= 4 is 22.9 Å². The van der Waals surface area contributed by atoms with Crippen molar-refractivity contribution in [3.63, 3.8) is 0 Å². The summed E-state index contributed by atoms with van der Waals surface area (Å²) >= 11 is 1.67. The Bertz CT molecular complexity index is 726. The first kappa shape index (κ1) is 16.8. The fourth-order valence-corrected chi connectivity index (χ4v) is 4.22. The van der Waals surface area contributed by atoms with E-state index in [1.54, 1.807) is 18.4 Å². The molecule has 0 spiro atoms. The number of hydrogen-bond donors (Lipinski definition) is 1. The highest BCUT2D eigenvalue weighted by Gasteiger charge is 2.25. The van der Waals surface area contributed by atoms with E-state index < -0.39 is 0 Å². The number of carbonyl (C=O) groups excluding carboxylic acids is 1. The maximum absolute atomic E-state index is 12.3. The highest BCUT2D eigenvalue weighted by molar-refractivity contribution is 7.12. The van der Waals surface area contributed by atoms with Gasteiger partial charge in [-0.1, -0.05) is 12.1 Å². The average Bonchev–Trinajstić information content (AvgIpc) is 3.18. The molecule has 0 saturated carbocycles. The molecule has 1 aliphatic heterocycles. The summed E-state index contributed by atoms with van der Waals surface area (Å²) in [5.41, 5.74) is 1.95. The van der Waals surface area contributed by atoms with Crippen LogP contribution in [-0.2, 0) is 0 Å². The summed E-state index contributed by atoms with van der Waals surface area (Å²) in [5.74, 6) is 1.43. The molecule has 1 amide bonds. The van der Waals surface area contributed by atoms with Crippen molar-refractivity contribution < 1.29 is 9.53 Å². The first-order valence-electron chi connectivity index (χ1n) is 8.31. The molecule has 24 heavy (non-hydrogen) atoms. The molecule has 1 aliphatic rings. The van der Waals surface area contributed by atoms with Crippen molar-refractivity contribution in [3.8, 4) is 5.75 Å². The van der Waals surface area contributed by atoms with Gasteiger partial charge in [0.05, 0.1) is 18.4 Å². The molecule has 5 heteroatoms. The quantitative estimate of drug-likeness (QED) is 0.900. The number of thiophene rings is 1. The topological polar surface area (TPSA) is 41.6 Å². The molecule has 1 aromatic carbocycles. The number of rotatable bonds is 5. The highest BCUT2D eigenvalue weighted by Crippen LogP contribution is 2.31. The van der Waals surface area contributed by atoms with Crippen molar-refractivity contribution in [2.24, 2.45) is 5.92 Å². The van der Waals surface area contributed by atoms with Crippen LogP contribution in [-0.4, -0.2) is 32.7 Å². The second-order valence-corrected chi connectivity index (χ2v) is 7.77. The third kappa shape index (κ3) is 3.56. The summed E-state index contributed by atoms with van der Waals surface area (Å²) in [4.78, 5) is 17.0. The van der Waals surface area contributed by atoms with Crippen molar-refractivity contribution in [3.05, 3.63) is 45.6 Å². The predicted octanol–water partition coefficient (Wildman–Crippen LogP) is 3.63. The van der Waals surface area contributed by atoms with E-state index in [0.29, 0.717) is 5.92 Å². The Morgan fingerprint density at radius 2 is 2.17 bits per heavy atom. The lowest BCUT2D eigenvalue weighted by Gasteiger charge is -2.21. The van der Waals surface area contributed by atoms with E-state index in [0.717, 1.165) is 47.9 Å². The van der Waals surface area contributed by atoms with Crippen molar-refractivity contribution in [1.82, 2.24) is 5.32 Å². The lowest BCUT2D eigenvalue weighted by atomic mass is 10.1. The molecule has 1 atom stereocenters. The largest absolute Gasteiger partial charge is 0.495 e. The second-order valence-electron chi connectivity index (χ2n) is 6.31. The van der Waals surface area contributed by atoms with Crippen LogP contribution in [0.5, 0.6) is 5.75 Å². The molecule has 1 saturated heterocycles. The molecule has 1 N–H and O–H groups in total. The summed E-state index contributed by atoms with van der Waals surface area (Å²) in [6.45, 7) is 6.71. The van der Waals surface area contributed by atoms with E-state index in [1.165, 1.54) is 4.88 Å². The van der Waals surface area contributed by atoms with Gasteiger partial charge in [0, 0.05) is 29.4 Å². The van der Waals surface area contributed by atoms with Crippen LogP contribution in [0.2, 0.25) is 0 Å². The Kier molecular flexibility index (Phi) is 5.09. The van der Waals surface area contributed by atoms with Crippen LogP contribution in [0.15, 0.2) is 30.3 Å². The van der Waals surface area contributed by atoms with Crippen LogP contribution in [0.3, 0.4) is 0 Å². The summed E-state index contributed by atoms with van der Waals surface area (Å²) in [5, 5.41) is 3.11. The normalized spacial score (nSPS) is 17.1. The standard InChI is InChI=1S/C19H24N2O2S/c1-13-10-16(14(2)24-13)19(22)20-11-15-8-9-21(12-15)17-6-4-5-7-18(17)23-3/h4-7,10,15H,8-9,11-12H2,1-3H3,(H,20,22). The van der Waals surface area contributed by atoms with Gasteiger partial charge < -0.3 is 15.0 Å². The Morgan fingerprint density at radius 1 is 1.38 bits per heavy atom. The molecule has 4 nitrogen and oxygen atoms in total. The number of nitrogens with zero attached hydrogens (tertiary/aromatic N) is 1. The van der Waals surface area contributed by atoms with Crippen LogP contribution < -0.4 is 15.0 Å². The fraction of sp³-hybridized carbons (Fsp3) is 0.421. The third-order valence-corrected chi connectivity index (χ3v) is 5.51. The Hall–Kier alpha value is -2.01. The smallest absolute Gasteiger partial charge is 0.252 e. The highest BCUT2D eigenvalue weighted by atomic mass is 32.1. The molecule has 1 fully saturated rings. The number of benzene rings is 1. The molecule has 0 bridgehead atoms. The summed E-state index contributed by atoms with van der Waals surface area (Å²) < 4.78 is 5.45. The zero-order valence-electron chi connectivity index (χ0n) is 14.5. The van der Waals surface area contributed by atoms with Crippen molar-refractivity contribution in [2.45, 2.75) is 20.3 Å². The number of aryl methyl sites for hydroxylation is 2. The zero-order valence-corrected chi connectivity index (χ0v) is 15.3. The molecular formula is C19H24N2O2S. The molecule has 0 aliphatic carbocycles. The first-order chi connectivity index (χ1) is 11.6. The monoisotopic (exact) mass is 344 g/mol. The number of methoxy groups -OCH3 is 1. The average molecular weight is 344 g/mol. The number of anilines is 1. The molecule has 3 rings (SSSR count). The van der Waals surface area contributed by atoms with Gasteiger partial charge in [-0.2, -0.15) is 0 Å². The number of amides is 1. The van der Waals surface area contributed by atoms with E-state index in [2.05, 4.69) is 16.3 Å². The third-order valence-electron chi connectivity index (χ3n) is 4.55. The van der Waals surface area contributed by atoms with Gasteiger partial charge in [-0.3, -0.25) is 4.79 Å². The van der Waals surface area contributed by atoms with Crippen molar-refractivity contribution in [1.29, 1.82) is 0 Å². The van der Waals surface area contributed by atoms with Crippen LogP contribution in [0.25, 0.3) is 0 Å². The number of para-hydroxylation sites is 2. The van der Waals surface area contributed by atoms with E-state index in [-0.39, 0.29) is 5.91 Å². The van der Waals surface area contributed by atoms with Gasteiger partial charge >= 0.3 is 0 Å². The molecule has 2 heterocycles. The van der Waals surface area contributed by atoms with Crippen LogP contribution in [0, 0.1) is 19.8 Å². The van der Waals surface area contributed by atoms with E-state index in [4.69, 9.17) is 4.74 Å². The van der Waals surface area contributed by atoms with E-state index in [1.807, 2.05) is 38.1 Å². The SMILES string of the molecule is COc1ccccc1N1CCC(CNC(=O)c2cc(C)sc2C)C1. The number of hydrogen-bond acceptors (Lipinski definition) is 4. The summed E-state index contributed by atoms with van der Waals surface area (Å²) in [7, 11) is 1.71. The van der Waals surface area contributed by atoms with E-state index in [9.17, 15) is 4.79 Å². The molecule has 128 valence electrons. The van der Waals surface area contributed by atoms with Gasteiger partial charge in [0.2, 0.25) is 0 Å². The van der Waals surface area contributed by atoms with Gasteiger partial charge in [0.1, 0.15) is 5.75 Å². The lowest BCUT2D eigenvalue weighted by molar-refractivity contribution is 0.0948. The number of nitrogens with one attached hydrogen (secondary N) is 1. The molecular weight excluding hydrogens is 320 g/mol. The predicted molar refractivity (Wildman–Crippen MR) is 99.4 cm³/mol. The number of ether oxygens (including phenoxy) is 1. The molecule has 2 aromatic rings. The van der Waals surface area contributed by atoms with Gasteiger partial charge in [-0.25, -0.2) is 0 Å².